The average Bonchev–Trinajstić information content (AvgIpc) is 2.80. The highest BCUT2D eigenvalue weighted by Gasteiger charge is 2.18. The van der Waals surface area contributed by atoms with Gasteiger partial charge in [0.15, 0.2) is 0 Å². The lowest BCUT2D eigenvalue weighted by Gasteiger charge is -2.13. The third kappa shape index (κ3) is 5.79. The Balaban J connectivity index is 1.89. The molecule has 0 bridgehead atoms. The molecule has 0 radical (unpaired) electrons. The predicted octanol–water partition coefficient (Wildman–Crippen LogP) is 4.78. The lowest BCUT2D eigenvalue weighted by atomic mass is 10.1. The molecule has 0 fully saturated rings. The number of nitro benzene ring substituents is 1. The monoisotopic (exact) mass is 495 g/mol. The predicted molar refractivity (Wildman–Crippen MR) is 124 cm³/mol. The number of nitrogens with one attached hydrogen (secondary N) is 2. The molecule has 162 valence electrons. The van der Waals surface area contributed by atoms with Gasteiger partial charge in [0.25, 0.3) is 17.5 Å². The van der Waals surface area contributed by atoms with Gasteiger partial charge in [-0.25, -0.2) is 0 Å². The Hall–Kier alpha value is -3.98. The fourth-order valence-corrected chi connectivity index (χ4v) is 3.04. The molecule has 0 atom stereocenters. The number of nitro groups is 1. The van der Waals surface area contributed by atoms with Crippen LogP contribution in [-0.2, 0) is 4.79 Å². The molecule has 2 N–H and O–H groups in total. The van der Waals surface area contributed by atoms with Crippen molar-refractivity contribution in [2.75, 3.05) is 12.4 Å². The molecule has 0 aromatic heterocycles. The number of halogens is 1. The van der Waals surface area contributed by atoms with Crippen molar-refractivity contribution in [3.63, 3.8) is 0 Å². The van der Waals surface area contributed by atoms with Crippen LogP contribution in [0.3, 0.4) is 0 Å². The van der Waals surface area contributed by atoms with Crippen molar-refractivity contribution in [2.45, 2.75) is 0 Å². The maximum Gasteiger partial charge on any atom is 0.272 e. The maximum absolute atomic E-state index is 13.0. The van der Waals surface area contributed by atoms with Crippen LogP contribution in [0.25, 0.3) is 6.08 Å². The summed E-state index contributed by atoms with van der Waals surface area (Å²) in [6, 6.07) is 19.2. The smallest absolute Gasteiger partial charge is 0.272 e. The van der Waals surface area contributed by atoms with Crippen LogP contribution in [0.15, 0.2) is 83.0 Å². The van der Waals surface area contributed by atoms with Crippen LogP contribution in [0.5, 0.6) is 5.75 Å². The van der Waals surface area contributed by atoms with Crippen LogP contribution in [0.2, 0.25) is 0 Å². The minimum absolute atomic E-state index is 0.0124. The molecule has 0 saturated heterocycles. The van der Waals surface area contributed by atoms with Gasteiger partial charge in [0, 0.05) is 22.3 Å². The summed E-state index contributed by atoms with van der Waals surface area (Å²) >= 11 is 3.36. The standard InChI is InChI=1S/C23H18BrN3O5/c1-32-21-5-3-2-4-19(21)22(28)26-20(14-15-6-8-16(24)9-7-15)23(29)25-17-10-12-18(13-11-17)27(30)31/h2-14H,1H3,(H,25,29)(H,26,28). The number of methoxy groups -OCH3 is 1. The number of rotatable bonds is 7. The second kappa shape index (κ2) is 10.4. The minimum Gasteiger partial charge on any atom is -0.496 e. The van der Waals surface area contributed by atoms with Gasteiger partial charge in [0.1, 0.15) is 11.4 Å². The van der Waals surface area contributed by atoms with E-state index in [2.05, 4.69) is 26.6 Å². The lowest BCUT2D eigenvalue weighted by Crippen LogP contribution is -2.31. The zero-order valence-electron chi connectivity index (χ0n) is 16.9. The van der Waals surface area contributed by atoms with Gasteiger partial charge in [-0.05, 0) is 48.0 Å². The summed E-state index contributed by atoms with van der Waals surface area (Å²) in [6.07, 6.45) is 1.53. The van der Waals surface area contributed by atoms with Crippen molar-refractivity contribution in [1.82, 2.24) is 5.32 Å². The molecular formula is C23H18BrN3O5. The molecule has 8 nitrogen and oxygen atoms in total. The molecule has 3 aromatic rings. The Morgan fingerprint density at radius 3 is 2.28 bits per heavy atom. The molecule has 0 aliphatic rings. The molecule has 0 unspecified atom stereocenters. The van der Waals surface area contributed by atoms with E-state index in [0.29, 0.717) is 17.0 Å². The Labute approximate surface area is 192 Å². The maximum atomic E-state index is 13.0. The highest BCUT2D eigenvalue weighted by molar-refractivity contribution is 9.10. The molecule has 0 heterocycles. The van der Waals surface area contributed by atoms with Gasteiger partial charge in [-0.2, -0.15) is 0 Å². The van der Waals surface area contributed by atoms with E-state index in [1.807, 2.05) is 0 Å². The largest absolute Gasteiger partial charge is 0.496 e. The molecule has 0 aliphatic heterocycles. The summed E-state index contributed by atoms with van der Waals surface area (Å²) < 4.78 is 6.09. The van der Waals surface area contributed by atoms with E-state index in [0.717, 1.165) is 4.47 Å². The second-order valence-electron chi connectivity index (χ2n) is 6.52. The van der Waals surface area contributed by atoms with Crippen LogP contribution in [0.4, 0.5) is 11.4 Å². The Morgan fingerprint density at radius 1 is 1.00 bits per heavy atom. The lowest BCUT2D eigenvalue weighted by molar-refractivity contribution is -0.384. The van der Waals surface area contributed by atoms with Crippen LogP contribution < -0.4 is 15.4 Å². The van der Waals surface area contributed by atoms with Crippen molar-refractivity contribution in [1.29, 1.82) is 0 Å². The Kier molecular flexibility index (Phi) is 7.35. The number of carbonyl (C=O) groups is 2. The zero-order chi connectivity index (χ0) is 23.1. The number of amides is 2. The molecule has 3 aromatic carbocycles. The van der Waals surface area contributed by atoms with Gasteiger partial charge in [-0.15, -0.1) is 0 Å². The highest BCUT2D eigenvalue weighted by Crippen LogP contribution is 2.20. The van der Waals surface area contributed by atoms with E-state index in [1.54, 1.807) is 48.5 Å². The molecule has 9 heteroatoms. The highest BCUT2D eigenvalue weighted by atomic mass is 79.9. The van der Waals surface area contributed by atoms with Crippen molar-refractivity contribution in [3.05, 3.63) is 104 Å². The zero-order valence-corrected chi connectivity index (χ0v) is 18.5. The number of benzene rings is 3. The van der Waals surface area contributed by atoms with Gasteiger partial charge >= 0.3 is 0 Å². The van der Waals surface area contributed by atoms with Crippen molar-refractivity contribution < 1.29 is 19.2 Å². The minimum atomic E-state index is -0.593. The topological polar surface area (TPSA) is 111 Å². The number of carbonyl (C=O) groups excluding carboxylic acids is 2. The molecule has 0 saturated carbocycles. The quantitative estimate of drug-likeness (QED) is 0.278. The normalized spacial score (nSPS) is 10.9. The second-order valence-corrected chi connectivity index (χ2v) is 7.44. The molecule has 0 spiro atoms. The summed E-state index contributed by atoms with van der Waals surface area (Å²) in [4.78, 5) is 36.1. The van der Waals surface area contributed by atoms with E-state index in [4.69, 9.17) is 4.74 Å². The number of hydrogen-bond acceptors (Lipinski definition) is 5. The number of hydrogen-bond donors (Lipinski definition) is 2. The van der Waals surface area contributed by atoms with E-state index in [1.165, 1.54) is 37.5 Å². The van der Waals surface area contributed by atoms with E-state index < -0.39 is 16.7 Å². The Bertz CT molecular complexity index is 1170. The van der Waals surface area contributed by atoms with Gasteiger partial charge in [0.2, 0.25) is 0 Å². The summed E-state index contributed by atoms with van der Waals surface area (Å²) in [6.45, 7) is 0. The van der Waals surface area contributed by atoms with Gasteiger partial charge in [-0.1, -0.05) is 40.2 Å². The van der Waals surface area contributed by atoms with E-state index >= 15 is 0 Å². The molecule has 32 heavy (non-hydrogen) atoms. The summed E-state index contributed by atoms with van der Waals surface area (Å²) in [5.41, 5.74) is 1.18. The first-order valence-corrected chi connectivity index (χ1v) is 10.1. The number of anilines is 1. The van der Waals surface area contributed by atoms with Crippen LogP contribution in [0.1, 0.15) is 15.9 Å². The first-order chi connectivity index (χ1) is 15.4. The van der Waals surface area contributed by atoms with Crippen LogP contribution in [-0.4, -0.2) is 23.8 Å². The summed E-state index contributed by atoms with van der Waals surface area (Å²) in [5.74, 6) is -0.751. The van der Waals surface area contributed by atoms with E-state index in [-0.39, 0.29) is 16.9 Å². The van der Waals surface area contributed by atoms with Gasteiger partial charge in [0.05, 0.1) is 17.6 Å². The van der Waals surface area contributed by atoms with Crippen molar-refractivity contribution >= 4 is 45.2 Å². The van der Waals surface area contributed by atoms with Crippen molar-refractivity contribution in [2.24, 2.45) is 0 Å². The van der Waals surface area contributed by atoms with Crippen LogP contribution in [0, 0.1) is 10.1 Å². The summed E-state index contributed by atoms with van der Waals surface area (Å²) in [5, 5.41) is 16.1. The number of non-ortho nitro benzene ring substituents is 1. The number of para-hydroxylation sites is 1. The molecule has 2 amide bonds. The molecular weight excluding hydrogens is 478 g/mol. The average molecular weight is 496 g/mol. The fourth-order valence-electron chi connectivity index (χ4n) is 2.77. The van der Waals surface area contributed by atoms with E-state index in [9.17, 15) is 19.7 Å². The molecule has 3 rings (SSSR count). The molecule has 0 aliphatic carbocycles. The van der Waals surface area contributed by atoms with Crippen LogP contribution >= 0.6 is 15.9 Å². The number of ether oxygens (including phenoxy) is 1. The third-order valence-corrected chi connectivity index (χ3v) is 4.89. The fraction of sp³-hybridized carbons (Fsp3) is 0.0435. The SMILES string of the molecule is COc1ccccc1C(=O)NC(=Cc1ccc(Br)cc1)C(=O)Nc1ccc([N+](=O)[O-])cc1. The van der Waals surface area contributed by atoms with Gasteiger partial charge in [-0.3, -0.25) is 19.7 Å². The summed E-state index contributed by atoms with van der Waals surface area (Å²) in [7, 11) is 1.45. The van der Waals surface area contributed by atoms with Crippen molar-refractivity contribution in [3.8, 4) is 5.75 Å². The van der Waals surface area contributed by atoms with Gasteiger partial charge < -0.3 is 15.4 Å². The Morgan fingerprint density at radius 2 is 1.66 bits per heavy atom. The number of nitrogens with zero attached hydrogens (tertiary/aromatic N) is 1. The first kappa shape index (κ1) is 22.7. The first-order valence-electron chi connectivity index (χ1n) is 9.35. The third-order valence-electron chi connectivity index (χ3n) is 4.36.